The van der Waals surface area contributed by atoms with Crippen LogP contribution in [0.4, 0.5) is 15.3 Å². The van der Waals surface area contributed by atoms with Crippen LogP contribution in [-0.4, -0.2) is 65.4 Å². The van der Waals surface area contributed by atoms with Crippen molar-refractivity contribution in [3.05, 3.63) is 30.3 Å². The second-order valence-electron chi connectivity index (χ2n) is 13.2. The molecule has 0 spiro atoms. The van der Waals surface area contributed by atoms with Crippen LogP contribution in [0.1, 0.15) is 94.4 Å². The van der Waals surface area contributed by atoms with E-state index in [9.17, 15) is 24.0 Å². The molecule has 4 amide bonds. The van der Waals surface area contributed by atoms with Crippen molar-refractivity contribution >= 4 is 35.7 Å². The van der Waals surface area contributed by atoms with Crippen LogP contribution < -0.4 is 21.3 Å². The molecule has 12 heteroatoms. The summed E-state index contributed by atoms with van der Waals surface area (Å²) in [5.41, 5.74) is -1.66. The highest BCUT2D eigenvalue weighted by Crippen LogP contribution is 2.15. The lowest BCUT2D eigenvalue weighted by Gasteiger charge is -2.27. The van der Waals surface area contributed by atoms with Crippen LogP contribution >= 0.6 is 0 Å². The first kappa shape index (κ1) is 37.2. The Labute approximate surface area is 255 Å². The molecule has 0 radical (unpaired) electrons. The zero-order valence-electron chi connectivity index (χ0n) is 27.1. The topological polar surface area (TPSA) is 161 Å². The first-order valence-corrected chi connectivity index (χ1v) is 14.6. The summed E-state index contributed by atoms with van der Waals surface area (Å²) in [6, 6.07) is 5.67. The summed E-state index contributed by atoms with van der Waals surface area (Å²) in [5, 5.41) is 10.6. The highest BCUT2D eigenvalue weighted by Gasteiger charge is 2.31. The number of hydrogen-bond donors (Lipinski definition) is 4. The molecule has 0 aliphatic heterocycles. The van der Waals surface area contributed by atoms with E-state index in [4.69, 9.17) is 14.2 Å². The van der Waals surface area contributed by atoms with E-state index >= 15 is 0 Å². The van der Waals surface area contributed by atoms with Crippen LogP contribution in [0.15, 0.2) is 30.3 Å². The zero-order valence-corrected chi connectivity index (χ0v) is 27.1. The van der Waals surface area contributed by atoms with Gasteiger partial charge in [-0.25, -0.2) is 19.2 Å². The SMILES string of the molecule is CC(C)(C)OC(=O)CC[C@H](NC(=O)N[C@@H](CCCCNC(=O)Nc1ccccc1)C(=O)OC(C)(C)C)C(=O)OC(C)(C)C. The Morgan fingerprint density at radius 1 is 0.651 bits per heavy atom. The molecule has 242 valence electrons. The van der Waals surface area contributed by atoms with Gasteiger partial charge in [-0.1, -0.05) is 18.2 Å². The van der Waals surface area contributed by atoms with Crippen molar-refractivity contribution in [1.29, 1.82) is 0 Å². The number of ether oxygens (including phenoxy) is 3. The van der Waals surface area contributed by atoms with Crippen molar-refractivity contribution in [2.45, 2.75) is 123 Å². The summed E-state index contributed by atoms with van der Waals surface area (Å²) in [6.07, 6.45) is 1.03. The van der Waals surface area contributed by atoms with E-state index in [2.05, 4.69) is 21.3 Å². The smallest absolute Gasteiger partial charge is 0.329 e. The van der Waals surface area contributed by atoms with Gasteiger partial charge < -0.3 is 35.5 Å². The van der Waals surface area contributed by atoms with Crippen LogP contribution in [0.5, 0.6) is 0 Å². The van der Waals surface area contributed by atoms with Crippen LogP contribution in [0, 0.1) is 0 Å². The number of amides is 4. The van der Waals surface area contributed by atoms with Gasteiger partial charge in [0.15, 0.2) is 0 Å². The first-order valence-electron chi connectivity index (χ1n) is 14.6. The maximum Gasteiger partial charge on any atom is 0.329 e. The van der Waals surface area contributed by atoms with E-state index in [1.54, 1.807) is 74.4 Å². The molecule has 0 bridgehead atoms. The Balaban J connectivity index is 2.81. The van der Waals surface area contributed by atoms with Crippen LogP contribution in [0.25, 0.3) is 0 Å². The number of carbonyl (C=O) groups excluding carboxylic acids is 5. The van der Waals surface area contributed by atoms with Gasteiger partial charge in [0.1, 0.15) is 28.9 Å². The van der Waals surface area contributed by atoms with Crippen LogP contribution in [0.3, 0.4) is 0 Å². The molecular weight excluding hydrogens is 556 g/mol. The Hall–Kier alpha value is -3.83. The van der Waals surface area contributed by atoms with Crippen LogP contribution in [0.2, 0.25) is 0 Å². The van der Waals surface area contributed by atoms with E-state index in [0.717, 1.165) is 0 Å². The normalized spacial score (nSPS) is 13.1. The van der Waals surface area contributed by atoms with Gasteiger partial charge in [-0.3, -0.25) is 4.79 Å². The number of rotatable bonds is 13. The van der Waals surface area contributed by atoms with Gasteiger partial charge >= 0.3 is 30.0 Å². The van der Waals surface area contributed by atoms with Crippen molar-refractivity contribution in [2.75, 3.05) is 11.9 Å². The Morgan fingerprint density at radius 3 is 1.63 bits per heavy atom. The maximum absolute atomic E-state index is 13.0. The zero-order chi connectivity index (χ0) is 32.8. The maximum atomic E-state index is 13.0. The first-order chi connectivity index (χ1) is 19.7. The number of unbranched alkanes of at least 4 members (excludes halogenated alkanes) is 1. The molecule has 1 aromatic carbocycles. The second-order valence-corrected chi connectivity index (χ2v) is 13.2. The fraction of sp³-hybridized carbons (Fsp3) is 0.645. The quantitative estimate of drug-likeness (QED) is 0.141. The summed E-state index contributed by atoms with van der Waals surface area (Å²) in [4.78, 5) is 63.2. The van der Waals surface area contributed by atoms with E-state index in [1.807, 2.05) is 18.2 Å². The minimum atomic E-state index is -1.17. The molecule has 0 aliphatic carbocycles. The molecule has 2 atom stereocenters. The van der Waals surface area contributed by atoms with Gasteiger partial charge in [0.25, 0.3) is 0 Å². The number of urea groups is 2. The van der Waals surface area contributed by atoms with Crippen molar-refractivity contribution in [3.63, 3.8) is 0 Å². The fourth-order valence-corrected chi connectivity index (χ4v) is 3.63. The molecule has 0 saturated heterocycles. The van der Waals surface area contributed by atoms with Gasteiger partial charge in [0, 0.05) is 18.7 Å². The molecule has 1 rings (SSSR count). The highest BCUT2D eigenvalue weighted by molar-refractivity contribution is 5.89. The number of esters is 3. The van der Waals surface area contributed by atoms with Gasteiger partial charge in [-0.15, -0.1) is 0 Å². The summed E-state index contributed by atoms with van der Waals surface area (Å²) in [7, 11) is 0. The highest BCUT2D eigenvalue weighted by atomic mass is 16.6. The van der Waals surface area contributed by atoms with Gasteiger partial charge in [-0.05, 0) is 100 Å². The standard InChI is InChI=1S/C31H50N4O8/c1-29(2,3)41-24(36)19-18-23(26(38)43-31(7,8)9)35-28(40)34-22(25(37)42-30(4,5)6)17-13-14-20-32-27(39)33-21-15-11-10-12-16-21/h10-12,15-16,22-23H,13-14,17-20H2,1-9H3,(H2,32,33,39)(H2,34,35,40)/t22-,23-/m0/s1. The predicted octanol–water partition coefficient (Wildman–Crippen LogP) is 4.82. The molecule has 12 nitrogen and oxygen atoms in total. The van der Waals surface area contributed by atoms with Gasteiger partial charge in [0.2, 0.25) is 0 Å². The Bertz CT molecular complexity index is 1070. The van der Waals surface area contributed by atoms with Gasteiger partial charge in [-0.2, -0.15) is 0 Å². The molecule has 1 aromatic rings. The van der Waals surface area contributed by atoms with Crippen molar-refractivity contribution in [3.8, 4) is 0 Å². The predicted molar refractivity (Wildman–Crippen MR) is 163 cm³/mol. The number of nitrogens with one attached hydrogen (secondary N) is 4. The average molecular weight is 607 g/mol. The van der Waals surface area contributed by atoms with Crippen molar-refractivity contribution in [2.24, 2.45) is 0 Å². The number of hydrogen-bond acceptors (Lipinski definition) is 8. The van der Waals surface area contributed by atoms with Crippen molar-refractivity contribution in [1.82, 2.24) is 16.0 Å². The van der Waals surface area contributed by atoms with Crippen LogP contribution in [-0.2, 0) is 28.6 Å². The molecule has 4 N–H and O–H groups in total. The number of anilines is 1. The van der Waals surface area contributed by atoms with Crippen molar-refractivity contribution < 1.29 is 38.2 Å². The van der Waals surface area contributed by atoms with E-state index in [0.29, 0.717) is 25.1 Å². The number of benzene rings is 1. The lowest BCUT2D eigenvalue weighted by Crippen LogP contribution is -2.53. The number of carbonyl (C=O) groups is 5. The minimum absolute atomic E-state index is 0.0644. The number of para-hydroxylation sites is 1. The molecule has 0 aromatic heterocycles. The van der Waals surface area contributed by atoms with Gasteiger partial charge in [0.05, 0.1) is 0 Å². The lowest BCUT2D eigenvalue weighted by atomic mass is 10.1. The van der Waals surface area contributed by atoms with E-state index in [-0.39, 0.29) is 25.3 Å². The largest absolute Gasteiger partial charge is 0.460 e. The third kappa shape index (κ3) is 18.3. The molecular formula is C31H50N4O8. The second kappa shape index (κ2) is 16.7. The molecule has 0 aliphatic rings. The lowest BCUT2D eigenvalue weighted by molar-refractivity contribution is -0.159. The monoisotopic (exact) mass is 606 g/mol. The average Bonchev–Trinajstić information content (AvgIpc) is 2.83. The third-order valence-electron chi connectivity index (χ3n) is 5.29. The molecule has 43 heavy (non-hydrogen) atoms. The molecule has 0 fully saturated rings. The Kier molecular flexibility index (Phi) is 14.5. The fourth-order valence-electron chi connectivity index (χ4n) is 3.63. The minimum Gasteiger partial charge on any atom is -0.460 e. The Morgan fingerprint density at radius 2 is 1.14 bits per heavy atom. The molecule has 0 unspecified atom stereocenters. The summed E-state index contributed by atoms with van der Waals surface area (Å²) >= 11 is 0. The molecule has 0 heterocycles. The molecule has 0 saturated carbocycles. The summed E-state index contributed by atoms with van der Waals surface area (Å²) < 4.78 is 16.2. The van der Waals surface area contributed by atoms with E-state index in [1.165, 1.54) is 0 Å². The third-order valence-corrected chi connectivity index (χ3v) is 5.29. The van der Waals surface area contributed by atoms with E-state index < -0.39 is 52.8 Å². The summed E-state index contributed by atoms with van der Waals surface area (Å²) in [6.45, 7) is 15.7. The summed E-state index contributed by atoms with van der Waals surface area (Å²) in [5.74, 6) is -1.89.